The molecular formula is C16H24N2O2. The second kappa shape index (κ2) is 7.29. The number of rotatable bonds is 4. The van der Waals surface area contributed by atoms with Crippen LogP contribution in [0.5, 0.6) is 0 Å². The van der Waals surface area contributed by atoms with E-state index in [1.165, 1.54) is 6.42 Å². The molecule has 0 saturated heterocycles. The molecule has 0 aromatic heterocycles. The van der Waals surface area contributed by atoms with Gasteiger partial charge in [0.1, 0.15) is 6.10 Å². The Kier molecular flexibility index (Phi) is 5.41. The van der Waals surface area contributed by atoms with Gasteiger partial charge in [0.05, 0.1) is 0 Å². The van der Waals surface area contributed by atoms with Gasteiger partial charge >= 0.3 is 6.09 Å². The molecule has 3 N–H and O–H groups in total. The zero-order chi connectivity index (χ0) is 14.4. The smallest absolute Gasteiger partial charge is 0.411 e. The van der Waals surface area contributed by atoms with E-state index in [1.807, 2.05) is 24.3 Å². The number of hydrogen-bond acceptors (Lipinski definition) is 3. The van der Waals surface area contributed by atoms with Crippen molar-refractivity contribution >= 4 is 11.8 Å². The molecule has 0 heterocycles. The van der Waals surface area contributed by atoms with Crippen molar-refractivity contribution in [1.29, 1.82) is 0 Å². The molecule has 4 nitrogen and oxygen atoms in total. The topological polar surface area (TPSA) is 64.3 Å². The van der Waals surface area contributed by atoms with Crippen LogP contribution in [0.3, 0.4) is 0 Å². The zero-order valence-corrected chi connectivity index (χ0v) is 12.1. The number of anilines is 1. The predicted octanol–water partition coefficient (Wildman–Crippen LogP) is 3.66. The highest BCUT2D eigenvalue weighted by molar-refractivity contribution is 5.84. The van der Waals surface area contributed by atoms with Gasteiger partial charge in [-0.3, -0.25) is 5.32 Å². The lowest BCUT2D eigenvalue weighted by atomic mass is 9.85. The van der Waals surface area contributed by atoms with Crippen molar-refractivity contribution < 1.29 is 9.53 Å². The van der Waals surface area contributed by atoms with Crippen molar-refractivity contribution in [3.05, 3.63) is 29.8 Å². The third-order valence-corrected chi connectivity index (χ3v) is 4.03. The summed E-state index contributed by atoms with van der Waals surface area (Å²) in [7, 11) is 0. The lowest BCUT2D eigenvalue weighted by Gasteiger charge is -2.30. The van der Waals surface area contributed by atoms with E-state index in [9.17, 15) is 4.79 Å². The Balaban J connectivity index is 1.90. The van der Waals surface area contributed by atoms with Crippen molar-refractivity contribution in [3.63, 3.8) is 0 Å². The van der Waals surface area contributed by atoms with Gasteiger partial charge in [0.2, 0.25) is 0 Å². The Labute approximate surface area is 120 Å². The summed E-state index contributed by atoms with van der Waals surface area (Å²) in [5.74, 6) is 0.505. The molecule has 2 atom stereocenters. The average molecular weight is 276 g/mol. The molecule has 4 heteroatoms. The van der Waals surface area contributed by atoms with E-state index < -0.39 is 0 Å². The summed E-state index contributed by atoms with van der Waals surface area (Å²) in [6, 6.07) is 7.54. The first-order valence-electron chi connectivity index (χ1n) is 7.49. The van der Waals surface area contributed by atoms with Crippen LogP contribution in [0.1, 0.15) is 44.6 Å². The molecule has 1 aliphatic rings. The van der Waals surface area contributed by atoms with E-state index in [1.54, 1.807) is 0 Å². The molecule has 1 amide bonds. The molecular weight excluding hydrogens is 252 g/mol. The summed E-state index contributed by atoms with van der Waals surface area (Å²) in [5, 5.41) is 2.79. The number of nitrogens with two attached hydrogens (primary N) is 1. The zero-order valence-electron chi connectivity index (χ0n) is 12.1. The fourth-order valence-electron chi connectivity index (χ4n) is 2.86. The standard InChI is InChI=1S/C16H24N2O2/c1-2-13-7-3-4-9-15(13)20-16(19)18-14-8-5-6-12(10-14)11-17/h5-6,8,10,13,15H,2-4,7,9,11,17H2,1H3,(H,18,19). The Hall–Kier alpha value is -1.55. The number of ether oxygens (including phenoxy) is 1. The first-order chi connectivity index (χ1) is 9.72. The molecule has 2 rings (SSSR count). The monoisotopic (exact) mass is 276 g/mol. The molecule has 1 aromatic rings. The van der Waals surface area contributed by atoms with Gasteiger partial charge in [0.15, 0.2) is 0 Å². The molecule has 1 saturated carbocycles. The third kappa shape index (κ3) is 3.97. The molecule has 1 aromatic carbocycles. The van der Waals surface area contributed by atoms with Crippen molar-refractivity contribution in [2.45, 2.75) is 51.7 Å². The number of carbonyl (C=O) groups is 1. The van der Waals surface area contributed by atoms with Gasteiger partial charge in [-0.1, -0.05) is 25.5 Å². The van der Waals surface area contributed by atoms with Gasteiger partial charge in [-0.05, 0) is 49.3 Å². The van der Waals surface area contributed by atoms with Crippen molar-refractivity contribution in [2.24, 2.45) is 11.7 Å². The largest absolute Gasteiger partial charge is 0.446 e. The Morgan fingerprint density at radius 3 is 2.95 bits per heavy atom. The summed E-state index contributed by atoms with van der Waals surface area (Å²) in [4.78, 5) is 12.0. The summed E-state index contributed by atoms with van der Waals surface area (Å²) < 4.78 is 5.59. The van der Waals surface area contributed by atoms with Crippen molar-refractivity contribution in [3.8, 4) is 0 Å². The lowest BCUT2D eigenvalue weighted by Crippen LogP contribution is -2.31. The van der Waals surface area contributed by atoms with Crippen LogP contribution >= 0.6 is 0 Å². The van der Waals surface area contributed by atoms with Gasteiger partial charge in [0, 0.05) is 12.2 Å². The van der Waals surface area contributed by atoms with E-state index in [2.05, 4.69) is 12.2 Å². The van der Waals surface area contributed by atoms with Gasteiger partial charge in [-0.15, -0.1) is 0 Å². The van der Waals surface area contributed by atoms with Crippen LogP contribution in [0, 0.1) is 5.92 Å². The van der Waals surface area contributed by atoms with E-state index in [4.69, 9.17) is 10.5 Å². The van der Waals surface area contributed by atoms with E-state index in [0.29, 0.717) is 12.5 Å². The van der Waals surface area contributed by atoms with Gasteiger partial charge in [0.25, 0.3) is 0 Å². The van der Waals surface area contributed by atoms with Crippen LogP contribution in [-0.4, -0.2) is 12.2 Å². The van der Waals surface area contributed by atoms with Gasteiger partial charge in [-0.2, -0.15) is 0 Å². The predicted molar refractivity (Wildman–Crippen MR) is 80.5 cm³/mol. The Morgan fingerprint density at radius 2 is 2.20 bits per heavy atom. The molecule has 2 unspecified atom stereocenters. The van der Waals surface area contributed by atoms with Crippen LogP contribution < -0.4 is 11.1 Å². The second-order valence-corrected chi connectivity index (χ2v) is 5.43. The van der Waals surface area contributed by atoms with Gasteiger partial charge in [-0.25, -0.2) is 4.79 Å². The number of benzene rings is 1. The van der Waals surface area contributed by atoms with Crippen LogP contribution in [0.15, 0.2) is 24.3 Å². The highest BCUT2D eigenvalue weighted by atomic mass is 16.6. The Bertz CT molecular complexity index is 448. The maximum Gasteiger partial charge on any atom is 0.411 e. The van der Waals surface area contributed by atoms with Gasteiger partial charge < -0.3 is 10.5 Å². The average Bonchev–Trinajstić information content (AvgIpc) is 2.48. The maximum atomic E-state index is 12.0. The first-order valence-corrected chi connectivity index (χ1v) is 7.49. The molecule has 0 radical (unpaired) electrons. The van der Waals surface area contributed by atoms with Crippen LogP contribution in [-0.2, 0) is 11.3 Å². The fourth-order valence-corrected chi connectivity index (χ4v) is 2.86. The molecule has 110 valence electrons. The summed E-state index contributed by atoms with van der Waals surface area (Å²) in [6.07, 6.45) is 5.32. The minimum atomic E-state index is -0.357. The minimum Gasteiger partial charge on any atom is -0.446 e. The van der Waals surface area contributed by atoms with Crippen molar-refractivity contribution in [1.82, 2.24) is 0 Å². The quantitative estimate of drug-likeness (QED) is 0.882. The van der Waals surface area contributed by atoms with Crippen molar-refractivity contribution in [2.75, 3.05) is 5.32 Å². The number of carbonyl (C=O) groups excluding carboxylic acids is 1. The molecule has 1 aliphatic carbocycles. The van der Waals surface area contributed by atoms with Crippen LogP contribution in [0.4, 0.5) is 10.5 Å². The fraction of sp³-hybridized carbons (Fsp3) is 0.562. The number of amides is 1. The molecule has 1 fully saturated rings. The SMILES string of the molecule is CCC1CCCCC1OC(=O)Nc1cccc(CN)c1. The maximum absolute atomic E-state index is 12.0. The Morgan fingerprint density at radius 1 is 1.40 bits per heavy atom. The van der Waals surface area contributed by atoms with E-state index in [-0.39, 0.29) is 12.2 Å². The number of nitrogens with one attached hydrogen (secondary N) is 1. The third-order valence-electron chi connectivity index (χ3n) is 4.03. The molecule has 0 aliphatic heterocycles. The van der Waals surface area contributed by atoms with Crippen LogP contribution in [0.25, 0.3) is 0 Å². The van der Waals surface area contributed by atoms with Crippen LogP contribution in [0.2, 0.25) is 0 Å². The lowest BCUT2D eigenvalue weighted by molar-refractivity contribution is 0.0443. The first kappa shape index (κ1) is 14.9. The second-order valence-electron chi connectivity index (χ2n) is 5.43. The summed E-state index contributed by atoms with van der Waals surface area (Å²) in [5.41, 5.74) is 7.32. The molecule has 0 bridgehead atoms. The highest BCUT2D eigenvalue weighted by Gasteiger charge is 2.26. The summed E-state index contributed by atoms with van der Waals surface area (Å²) in [6.45, 7) is 2.63. The summed E-state index contributed by atoms with van der Waals surface area (Å²) >= 11 is 0. The normalized spacial score (nSPS) is 22.3. The molecule has 0 spiro atoms. The highest BCUT2D eigenvalue weighted by Crippen LogP contribution is 2.29. The number of hydrogen-bond donors (Lipinski definition) is 2. The van der Waals surface area contributed by atoms with E-state index in [0.717, 1.165) is 36.9 Å². The van der Waals surface area contributed by atoms with E-state index >= 15 is 0 Å². The molecule has 20 heavy (non-hydrogen) atoms. The minimum absolute atomic E-state index is 0.0615.